The maximum Gasteiger partial charge on any atom is 0.363 e. The van der Waals surface area contributed by atoms with Gasteiger partial charge in [0.15, 0.2) is 5.70 Å². The molecule has 0 saturated heterocycles. The minimum absolute atomic E-state index is 0.128. The Morgan fingerprint density at radius 2 is 1.78 bits per heavy atom. The third-order valence-corrected chi connectivity index (χ3v) is 3.71. The number of hydrogen-bond donors (Lipinski definition) is 0. The van der Waals surface area contributed by atoms with Crippen LogP contribution in [0.2, 0.25) is 0 Å². The third kappa shape index (κ3) is 3.06. The Labute approximate surface area is 134 Å². The highest BCUT2D eigenvalue weighted by Gasteiger charge is 2.24. The number of carbonyl (C=O) groups excluding carboxylic acids is 1. The molecule has 3 nitrogen and oxygen atoms in total. The molecule has 2 aromatic carbocycles. The number of aryl methyl sites for hydroxylation is 3. The molecule has 23 heavy (non-hydrogen) atoms. The van der Waals surface area contributed by atoms with Crippen LogP contribution in [-0.4, -0.2) is 11.9 Å². The van der Waals surface area contributed by atoms with E-state index >= 15 is 0 Å². The van der Waals surface area contributed by atoms with Crippen LogP contribution in [0.1, 0.15) is 27.8 Å². The van der Waals surface area contributed by atoms with Crippen molar-refractivity contribution < 1.29 is 13.9 Å². The molecule has 2 aromatic rings. The zero-order chi connectivity index (χ0) is 16.6. The fourth-order valence-corrected chi connectivity index (χ4v) is 2.71. The summed E-state index contributed by atoms with van der Waals surface area (Å²) in [6.07, 6.45) is 1.72. The van der Waals surface area contributed by atoms with Gasteiger partial charge < -0.3 is 4.74 Å². The molecule has 0 saturated carbocycles. The molecule has 0 bridgehead atoms. The molecule has 0 spiro atoms. The van der Waals surface area contributed by atoms with Gasteiger partial charge >= 0.3 is 5.97 Å². The minimum Gasteiger partial charge on any atom is -0.402 e. The summed E-state index contributed by atoms with van der Waals surface area (Å²) in [6, 6.07) is 9.93. The van der Waals surface area contributed by atoms with Gasteiger partial charge in [-0.25, -0.2) is 14.2 Å². The normalized spacial score (nSPS) is 15.7. The fourth-order valence-electron chi connectivity index (χ4n) is 2.71. The number of halogens is 1. The molecule has 116 valence electrons. The van der Waals surface area contributed by atoms with E-state index in [0.29, 0.717) is 5.56 Å². The average Bonchev–Trinajstić information content (AvgIpc) is 2.84. The summed E-state index contributed by atoms with van der Waals surface area (Å²) in [5.41, 5.74) is 4.92. The molecule has 0 amide bonds. The number of cyclic esters (lactones) is 1. The van der Waals surface area contributed by atoms with Crippen molar-refractivity contribution in [1.29, 1.82) is 0 Å². The summed E-state index contributed by atoms with van der Waals surface area (Å²) in [7, 11) is 0. The van der Waals surface area contributed by atoms with Gasteiger partial charge in [0.25, 0.3) is 0 Å². The third-order valence-electron chi connectivity index (χ3n) is 3.71. The molecule has 0 radical (unpaired) electrons. The Bertz CT molecular complexity index is 842. The Morgan fingerprint density at radius 1 is 1.09 bits per heavy atom. The van der Waals surface area contributed by atoms with E-state index in [9.17, 15) is 9.18 Å². The van der Waals surface area contributed by atoms with E-state index in [1.54, 1.807) is 18.2 Å². The number of benzene rings is 2. The van der Waals surface area contributed by atoms with Crippen LogP contribution >= 0.6 is 0 Å². The van der Waals surface area contributed by atoms with Crippen molar-refractivity contribution in [2.75, 3.05) is 0 Å². The van der Waals surface area contributed by atoms with Crippen molar-refractivity contribution in [2.45, 2.75) is 20.8 Å². The molecule has 0 atom stereocenters. The number of nitrogens with zero attached hydrogens (tertiary/aromatic N) is 1. The van der Waals surface area contributed by atoms with Gasteiger partial charge in [0.2, 0.25) is 5.90 Å². The molecule has 0 fully saturated rings. The van der Waals surface area contributed by atoms with Crippen LogP contribution in [0, 0.1) is 26.6 Å². The van der Waals surface area contributed by atoms with E-state index in [-0.39, 0.29) is 11.6 Å². The zero-order valence-corrected chi connectivity index (χ0v) is 13.2. The minimum atomic E-state index is -0.524. The summed E-state index contributed by atoms with van der Waals surface area (Å²) < 4.78 is 18.5. The lowest BCUT2D eigenvalue weighted by atomic mass is 9.99. The topological polar surface area (TPSA) is 38.7 Å². The molecular formula is C19H16FNO2. The number of esters is 1. The van der Waals surface area contributed by atoms with Gasteiger partial charge in [-0.05, 0) is 61.7 Å². The van der Waals surface area contributed by atoms with E-state index in [0.717, 1.165) is 16.7 Å². The van der Waals surface area contributed by atoms with Gasteiger partial charge in [0.1, 0.15) is 5.82 Å². The van der Waals surface area contributed by atoms with Crippen LogP contribution in [0.4, 0.5) is 4.39 Å². The molecule has 0 aromatic heterocycles. The van der Waals surface area contributed by atoms with Crippen molar-refractivity contribution in [3.8, 4) is 0 Å². The molecule has 0 aliphatic carbocycles. The first-order chi connectivity index (χ1) is 10.9. The van der Waals surface area contributed by atoms with Crippen LogP contribution in [0.5, 0.6) is 0 Å². The number of ether oxygens (including phenoxy) is 1. The second-order valence-corrected chi connectivity index (χ2v) is 5.66. The summed E-state index contributed by atoms with van der Waals surface area (Å²) in [6.45, 7) is 6.01. The van der Waals surface area contributed by atoms with Crippen LogP contribution in [0.25, 0.3) is 6.08 Å². The number of carbonyl (C=O) groups is 1. The summed E-state index contributed by atoms with van der Waals surface area (Å²) in [5.74, 6) is -0.796. The van der Waals surface area contributed by atoms with Gasteiger partial charge in [0.05, 0.1) is 0 Å². The van der Waals surface area contributed by atoms with Crippen LogP contribution < -0.4 is 0 Å². The van der Waals surface area contributed by atoms with Crippen LogP contribution in [-0.2, 0) is 9.53 Å². The highest BCUT2D eigenvalue weighted by atomic mass is 19.1. The first kappa shape index (κ1) is 15.2. The highest BCUT2D eigenvalue weighted by Crippen LogP contribution is 2.23. The Hall–Kier alpha value is -2.75. The fraction of sp³-hybridized carbons (Fsp3) is 0.158. The van der Waals surface area contributed by atoms with Gasteiger partial charge in [-0.2, -0.15) is 0 Å². The van der Waals surface area contributed by atoms with Crippen molar-refractivity contribution in [2.24, 2.45) is 4.99 Å². The highest BCUT2D eigenvalue weighted by molar-refractivity contribution is 6.12. The molecule has 0 N–H and O–H groups in total. The van der Waals surface area contributed by atoms with E-state index in [1.165, 1.54) is 17.7 Å². The van der Waals surface area contributed by atoms with Crippen molar-refractivity contribution in [1.82, 2.24) is 0 Å². The van der Waals surface area contributed by atoms with Crippen LogP contribution in [0.15, 0.2) is 47.1 Å². The van der Waals surface area contributed by atoms with Gasteiger partial charge in [-0.3, -0.25) is 0 Å². The predicted octanol–water partition coefficient (Wildman–Crippen LogP) is 4.10. The second kappa shape index (κ2) is 5.80. The molecule has 1 heterocycles. The molecule has 1 aliphatic rings. The second-order valence-electron chi connectivity index (χ2n) is 5.66. The van der Waals surface area contributed by atoms with E-state index in [4.69, 9.17) is 4.74 Å². The Kier molecular flexibility index (Phi) is 3.82. The number of rotatable bonds is 2. The number of aliphatic imine (C=N–C) groups is 1. The zero-order valence-electron chi connectivity index (χ0n) is 13.2. The molecular weight excluding hydrogens is 293 g/mol. The van der Waals surface area contributed by atoms with Crippen LogP contribution in [0.3, 0.4) is 0 Å². The van der Waals surface area contributed by atoms with Crippen molar-refractivity contribution >= 4 is 17.9 Å². The maximum absolute atomic E-state index is 13.3. The largest absolute Gasteiger partial charge is 0.402 e. The SMILES string of the molecule is Cc1cc(C)c(/C=C2\N=C(c3cccc(F)c3)OC2=O)c(C)c1. The van der Waals surface area contributed by atoms with E-state index in [2.05, 4.69) is 17.1 Å². The maximum atomic E-state index is 13.3. The number of hydrogen-bond acceptors (Lipinski definition) is 3. The van der Waals surface area contributed by atoms with E-state index < -0.39 is 11.8 Å². The van der Waals surface area contributed by atoms with Crippen molar-refractivity contribution in [3.63, 3.8) is 0 Å². The summed E-state index contributed by atoms with van der Waals surface area (Å²) in [5, 5.41) is 0. The monoisotopic (exact) mass is 309 g/mol. The first-order valence-corrected chi connectivity index (χ1v) is 7.30. The Morgan fingerprint density at radius 3 is 2.43 bits per heavy atom. The van der Waals surface area contributed by atoms with E-state index in [1.807, 2.05) is 20.8 Å². The first-order valence-electron chi connectivity index (χ1n) is 7.30. The van der Waals surface area contributed by atoms with Gasteiger partial charge in [0, 0.05) is 5.56 Å². The molecule has 0 unspecified atom stereocenters. The average molecular weight is 309 g/mol. The lowest BCUT2D eigenvalue weighted by Crippen LogP contribution is -2.05. The Balaban J connectivity index is 2.02. The van der Waals surface area contributed by atoms with Gasteiger partial charge in [-0.15, -0.1) is 0 Å². The smallest absolute Gasteiger partial charge is 0.363 e. The molecule has 1 aliphatic heterocycles. The standard InChI is InChI=1S/C19H16FNO2/c1-11-7-12(2)16(13(3)8-11)10-17-19(22)23-18(21-17)14-5-4-6-15(20)9-14/h4-10H,1-3H3/b17-10-. The van der Waals surface area contributed by atoms with Gasteiger partial charge in [-0.1, -0.05) is 23.8 Å². The quantitative estimate of drug-likeness (QED) is 0.619. The van der Waals surface area contributed by atoms with Crippen molar-refractivity contribution in [3.05, 3.63) is 75.7 Å². The lowest BCUT2D eigenvalue weighted by Gasteiger charge is -2.07. The molecule has 3 rings (SSSR count). The summed E-state index contributed by atoms with van der Waals surface area (Å²) >= 11 is 0. The summed E-state index contributed by atoms with van der Waals surface area (Å²) in [4.78, 5) is 16.3. The lowest BCUT2D eigenvalue weighted by molar-refractivity contribution is -0.129. The predicted molar refractivity (Wildman–Crippen MR) is 87.7 cm³/mol. The molecule has 4 heteroatoms.